The van der Waals surface area contributed by atoms with Crippen molar-refractivity contribution in [3.05, 3.63) is 16.8 Å². The molecule has 23 heavy (non-hydrogen) atoms. The number of aliphatic carboxylic acids is 1. The average Bonchev–Trinajstić information content (AvgIpc) is 2.88. The van der Waals surface area contributed by atoms with Gasteiger partial charge in [0.15, 0.2) is 0 Å². The molecule has 0 aromatic carbocycles. The smallest absolute Gasteiger partial charge is 0.322 e. The maximum absolute atomic E-state index is 11.6. The molecule has 3 rings (SSSR count). The number of thiophene rings is 1. The van der Waals surface area contributed by atoms with Gasteiger partial charge in [-0.1, -0.05) is 6.92 Å². The van der Waals surface area contributed by atoms with Crippen molar-refractivity contribution in [1.82, 2.24) is 15.3 Å². The van der Waals surface area contributed by atoms with Gasteiger partial charge in [-0.2, -0.15) is 0 Å². The molecule has 0 saturated heterocycles. The quantitative estimate of drug-likeness (QED) is 0.764. The van der Waals surface area contributed by atoms with Crippen molar-refractivity contribution in [2.45, 2.75) is 26.2 Å². The molecule has 1 aliphatic carbocycles. The van der Waals surface area contributed by atoms with Gasteiger partial charge in [-0.25, -0.2) is 9.97 Å². The Morgan fingerprint density at radius 2 is 2.22 bits per heavy atom. The fourth-order valence-corrected chi connectivity index (χ4v) is 4.16. The topological polar surface area (TPSA) is 104 Å². The van der Waals surface area contributed by atoms with E-state index in [9.17, 15) is 9.59 Å². The average molecular weight is 334 g/mol. The lowest BCUT2D eigenvalue weighted by molar-refractivity contribution is -0.137. The van der Waals surface area contributed by atoms with Crippen molar-refractivity contribution in [2.75, 3.05) is 18.4 Å². The molecule has 1 amide bonds. The van der Waals surface area contributed by atoms with Crippen LogP contribution in [0.3, 0.4) is 0 Å². The number of nitrogens with zero attached hydrogens (tertiary/aromatic N) is 2. The first-order valence-electron chi connectivity index (χ1n) is 7.52. The van der Waals surface area contributed by atoms with Gasteiger partial charge in [-0.15, -0.1) is 11.3 Å². The highest BCUT2D eigenvalue weighted by Crippen LogP contribution is 2.39. The SMILES string of the molecule is CC1CCc2c(sc3ncnc(NCC(=O)NCC(=O)O)c23)C1. The van der Waals surface area contributed by atoms with Crippen molar-refractivity contribution in [3.8, 4) is 0 Å². The van der Waals surface area contributed by atoms with E-state index in [1.165, 1.54) is 16.8 Å². The molecule has 1 aliphatic rings. The fraction of sp³-hybridized carbons (Fsp3) is 0.467. The lowest BCUT2D eigenvalue weighted by Gasteiger charge is -2.18. The lowest BCUT2D eigenvalue weighted by Crippen LogP contribution is -2.34. The summed E-state index contributed by atoms with van der Waals surface area (Å²) in [6.07, 6.45) is 4.70. The van der Waals surface area contributed by atoms with Crippen LogP contribution >= 0.6 is 11.3 Å². The Bertz CT molecular complexity index is 759. The molecular formula is C15H18N4O3S. The zero-order valence-corrected chi connectivity index (χ0v) is 13.6. The molecule has 0 bridgehead atoms. The predicted molar refractivity (Wildman–Crippen MR) is 87.7 cm³/mol. The number of carboxylic acid groups (broad SMARTS) is 1. The van der Waals surface area contributed by atoms with Gasteiger partial charge in [-0.05, 0) is 30.7 Å². The molecule has 1 unspecified atom stereocenters. The third-order valence-corrected chi connectivity index (χ3v) is 5.11. The molecule has 7 nitrogen and oxygen atoms in total. The van der Waals surface area contributed by atoms with Crippen LogP contribution in [-0.4, -0.2) is 40.0 Å². The summed E-state index contributed by atoms with van der Waals surface area (Å²) in [5.41, 5.74) is 1.29. The summed E-state index contributed by atoms with van der Waals surface area (Å²) in [6.45, 7) is 1.86. The van der Waals surface area contributed by atoms with Gasteiger partial charge < -0.3 is 15.7 Å². The van der Waals surface area contributed by atoms with E-state index in [4.69, 9.17) is 5.11 Å². The minimum atomic E-state index is -1.07. The third kappa shape index (κ3) is 3.42. The van der Waals surface area contributed by atoms with Crippen molar-refractivity contribution >= 4 is 39.2 Å². The number of fused-ring (bicyclic) bond motifs is 3. The summed E-state index contributed by atoms with van der Waals surface area (Å²) < 4.78 is 0. The minimum absolute atomic E-state index is 0.0135. The first-order chi connectivity index (χ1) is 11.0. The molecule has 3 N–H and O–H groups in total. The van der Waals surface area contributed by atoms with Gasteiger partial charge in [0.2, 0.25) is 5.91 Å². The van der Waals surface area contributed by atoms with Crippen LogP contribution in [0.4, 0.5) is 5.82 Å². The van der Waals surface area contributed by atoms with E-state index >= 15 is 0 Å². The number of rotatable bonds is 5. The van der Waals surface area contributed by atoms with Crippen LogP contribution in [-0.2, 0) is 22.4 Å². The van der Waals surface area contributed by atoms with Crippen LogP contribution in [0.25, 0.3) is 10.2 Å². The number of hydrogen-bond acceptors (Lipinski definition) is 6. The molecule has 0 fully saturated rings. The molecule has 0 saturated carbocycles. The van der Waals surface area contributed by atoms with Crippen molar-refractivity contribution < 1.29 is 14.7 Å². The third-order valence-electron chi connectivity index (χ3n) is 3.94. The molecule has 2 aromatic heterocycles. The lowest BCUT2D eigenvalue weighted by atomic mass is 9.89. The molecule has 0 aliphatic heterocycles. The minimum Gasteiger partial charge on any atom is -0.480 e. The Balaban J connectivity index is 1.79. The van der Waals surface area contributed by atoms with Crippen LogP contribution in [0.5, 0.6) is 0 Å². The van der Waals surface area contributed by atoms with Crippen LogP contribution in [0.1, 0.15) is 23.8 Å². The normalized spacial score (nSPS) is 16.8. The number of amides is 1. The van der Waals surface area contributed by atoms with Crippen molar-refractivity contribution in [2.24, 2.45) is 5.92 Å². The van der Waals surface area contributed by atoms with Gasteiger partial charge in [0.1, 0.15) is 23.5 Å². The second kappa shape index (κ2) is 6.49. The van der Waals surface area contributed by atoms with E-state index in [1.807, 2.05) is 0 Å². The number of anilines is 1. The largest absolute Gasteiger partial charge is 0.480 e. The van der Waals surface area contributed by atoms with Crippen LogP contribution in [0.2, 0.25) is 0 Å². The zero-order valence-electron chi connectivity index (χ0n) is 12.8. The van der Waals surface area contributed by atoms with Gasteiger partial charge >= 0.3 is 5.97 Å². The first-order valence-corrected chi connectivity index (χ1v) is 8.34. The van der Waals surface area contributed by atoms with Gasteiger partial charge in [0.25, 0.3) is 0 Å². The molecule has 0 spiro atoms. The maximum atomic E-state index is 11.6. The Hall–Kier alpha value is -2.22. The highest BCUT2D eigenvalue weighted by Gasteiger charge is 2.23. The van der Waals surface area contributed by atoms with Crippen LogP contribution < -0.4 is 10.6 Å². The van der Waals surface area contributed by atoms with Crippen LogP contribution in [0.15, 0.2) is 6.33 Å². The van der Waals surface area contributed by atoms with E-state index in [0.717, 1.165) is 29.5 Å². The van der Waals surface area contributed by atoms with Crippen LogP contribution in [0, 0.1) is 5.92 Å². The van der Waals surface area contributed by atoms with E-state index in [1.54, 1.807) is 11.3 Å². The summed E-state index contributed by atoms with van der Waals surface area (Å²) in [4.78, 5) is 33.0. The Morgan fingerprint density at radius 1 is 1.39 bits per heavy atom. The first kappa shape index (κ1) is 15.7. The molecule has 2 aromatic rings. The van der Waals surface area contributed by atoms with E-state index < -0.39 is 5.97 Å². The monoisotopic (exact) mass is 334 g/mol. The molecule has 122 valence electrons. The Kier molecular flexibility index (Phi) is 4.42. The number of aryl methyl sites for hydroxylation is 1. The van der Waals surface area contributed by atoms with Crippen molar-refractivity contribution in [1.29, 1.82) is 0 Å². The second-order valence-corrected chi connectivity index (χ2v) is 6.86. The predicted octanol–water partition coefficient (Wildman–Crippen LogP) is 1.43. The number of nitrogens with one attached hydrogen (secondary N) is 2. The summed E-state index contributed by atoms with van der Waals surface area (Å²) >= 11 is 1.70. The number of carboxylic acids is 1. The molecule has 0 radical (unpaired) electrons. The van der Waals surface area contributed by atoms with E-state index in [-0.39, 0.29) is 19.0 Å². The summed E-state index contributed by atoms with van der Waals surface area (Å²) in [5.74, 6) is -0.116. The standard InChI is InChI=1S/C15H18N4O3S/c1-8-2-3-9-10(4-8)23-15-13(9)14(18-7-19-15)17-5-11(20)16-6-12(21)22/h7-8H,2-6H2,1H3,(H,16,20)(H,21,22)(H,17,18,19). The van der Waals surface area contributed by atoms with Gasteiger partial charge in [-0.3, -0.25) is 9.59 Å². The number of carbonyl (C=O) groups is 2. The fourth-order valence-electron chi connectivity index (χ4n) is 2.81. The van der Waals surface area contributed by atoms with Gasteiger partial charge in [0, 0.05) is 4.88 Å². The second-order valence-electron chi connectivity index (χ2n) is 5.78. The summed E-state index contributed by atoms with van der Waals surface area (Å²) in [6, 6.07) is 0. The maximum Gasteiger partial charge on any atom is 0.322 e. The van der Waals surface area contributed by atoms with E-state index in [2.05, 4.69) is 27.5 Å². The highest BCUT2D eigenvalue weighted by atomic mass is 32.1. The summed E-state index contributed by atoms with van der Waals surface area (Å²) in [7, 11) is 0. The number of aromatic nitrogens is 2. The zero-order chi connectivity index (χ0) is 16.4. The number of carbonyl (C=O) groups excluding carboxylic acids is 1. The Morgan fingerprint density at radius 3 is 3.00 bits per heavy atom. The molecule has 8 heteroatoms. The highest BCUT2D eigenvalue weighted by molar-refractivity contribution is 7.19. The van der Waals surface area contributed by atoms with Gasteiger partial charge in [0.05, 0.1) is 11.9 Å². The molecular weight excluding hydrogens is 316 g/mol. The van der Waals surface area contributed by atoms with Crippen molar-refractivity contribution in [3.63, 3.8) is 0 Å². The molecule has 2 heterocycles. The summed E-state index contributed by atoms with van der Waals surface area (Å²) in [5, 5.41) is 14.9. The molecule has 1 atom stereocenters. The number of hydrogen-bond donors (Lipinski definition) is 3. The van der Waals surface area contributed by atoms with E-state index in [0.29, 0.717) is 11.7 Å². The Labute approximate surface area is 137 Å².